The highest BCUT2D eigenvalue weighted by Crippen LogP contribution is 2.27. The Balaban J connectivity index is 1.90. The number of nitrogens with zero attached hydrogens (tertiary/aromatic N) is 2. The van der Waals surface area contributed by atoms with Gasteiger partial charge in [-0.2, -0.15) is 5.10 Å². The maximum absolute atomic E-state index is 13.9. The first-order chi connectivity index (χ1) is 14.5. The number of aromatic nitrogens is 2. The van der Waals surface area contributed by atoms with Crippen molar-refractivity contribution in [1.29, 1.82) is 0 Å². The molecule has 7 nitrogen and oxygen atoms in total. The number of halogens is 2. The van der Waals surface area contributed by atoms with Gasteiger partial charge in [-0.05, 0) is 29.8 Å². The van der Waals surface area contributed by atoms with E-state index in [1.54, 1.807) is 30.3 Å². The molecule has 0 spiro atoms. The van der Waals surface area contributed by atoms with E-state index in [9.17, 15) is 18.4 Å². The number of nitrogens with two attached hydrogens (primary N) is 1. The van der Waals surface area contributed by atoms with Crippen LogP contribution in [0, 0.1) is 11.6 Å². The van der Waals surface area contributed by atoms with Crippen LogP contribution in [0.2, 0.25) is 0 Å². The topological polar surface area (TPSA) is 102 Å². The molecule has 1 heterocycles. The van der Waals surface area contributed by atoms with Crippen LogP contribution < -0.4 is 16.4 Å². The Labute approximate surface area is 178 Å². The number of carbonyl (C=O) groups is 2. The smallest absolute Gasteiger partial charge is 0.324 e. The van der Waals surface area contributed by atoms with Crippen LogP contribution in [0.3, 0.4) is 0 Å². The fraction of sp³-hybridized carbons (Fsp3) is 0.227. The molecule has 4 N–H and O–H groups in total. The first-order valence-electron chi connectivity index (χ1n) is 9.55. The Morgan fingerprint density at radius 1 is 1.06 bits per heavy atom. The number of benzene rings is 2. The molecule has 3 amide bonds. The third-order valence-electron chi connectivity index (χ3n) is 4.48. The molecule has 3 rings (SSSR count). The van der Waals surface area contributed by atoms with Crippen molar-refractivity contribution in [1.82, 2.24) is 9.78 Å². The maximum atomic E-state index is 13.9. The van der Waals surface area contributed by atoms with Gasteiger partial charge in [0.05, 0.1) is 23.5 Å². The van der Waals surface area contributed by atoms with E-state index in [0.717, 1.165) is 11.6 Å². The number of anilines is 2. The van der Waals surface area contributed by atoms with Crippen molar-refractivity contribution in [3.63, 3.8) is 0 Å². The number of primary amides is 1. The van der Waals surface area contributed by atoms with Gasteiger partial charge >= 0.3 is 6.03 Å². The van der Waals surface area contributed by atoms with Gasteiger partial charge in [0.1, 0.15) is 5.82 Å². The van der Waals surface area contributed by atoms with E-state index >= 15 is 0 Å². The number of rotatable bonds is 5. The minimum atomic E-state index is -1.15. The fourth-order valence-electron chi connectivity index (χ4n) is 2.86. The van der Waals surface area contributed by atoms with Gasteiger partial charge in [0.15, 0.2) is 11.6 Å². The summed E-state index contributed by atoms with van der Waals surface area (Å²) < 4.78 is 28.8. The number of nitrogens with one attached hydrogen (secondary N) is 2. The SMILES string of the molecule is CC(C)(C)c1cc(NC(=O)Nc2cccc(F)c2F)n(-c2ccc(CC(N)=O)cc2)n1. The average Bonchev–Trinajstić information content (AvgIpc) is 3.10. The van der Waals surface area contributed by atoms with Gasteiger partial charge in [-0.25, -0.2) is 18.3 Å². The van der Waals surface area contributed by atoms with Crippen molar-refractivity contribution < 1.29 is 18.4 Å². The van der Waals surface area contributed by atoms with Crippen molar-refractivity contribution in [2.24, 2.45) is 5.73 Å². The Kier molecular flexibility index (Phi) is 6.05. The molecule has 0 radical (unpaired) electrons. The molecule has 0 bridgehead atoms. The van der Waals surface area contributed by atoms with Gasteiger partial charge in [-0.1, -0.05) is 39.0 Å². The highest BCUT2D eigenvalue weighted by atomic mass is 19.2. The van der Waals surface area contributed by atoms with E-state index in [1.165, 1.54) is 16.8 Å². The van der Waals surface area contributed by atoms with Crippen LogP contribution in [-0.4, -0.2) is 21.7 Å². The minimum Gasteiger partial charge on any atom is -0.369 e. The van der Waals surface area contributed by atoms with E-state index in [2.05, 4.69) is 15.7 Å². The molecule has 0 saturated carbocycles. The van der Waals surface area contributed by atoms with Crippen LogP contribution in [0.4, 0.5) is 25.1 Å². The van der Waals surface area contributed by atoms with Crippen LogP contribution in [0.1, 0.15) is 32.0 Å². The molecule has 1 aromatic heterocycles. The molecule has 0 fully saturated rings. The maximum Gasteiger partial charge on any atom is 0.324 e. The van der Waals surface area contributed by atoms with Gasteiger partial charge in [0.25, 0.3) is 0 Å². The van der Waals surface area contributed by atoms with Gasteiger partial charge in [0, 0.05) is 11.5 Å². The summed E-state index contributed by atoms with van der Waals surface area (Å²) in [6, 6.07) is 11.4. The molecule has 0 unspecified atom stereocenters. The highest BCUT2D eigenvalue weighted by molar-refractivity contribution is 5.99. The lowest BCUT2D eigenvalue weighted by molar-refractivity contribution is -0.117. The molecule has 31 heavy (non-hydrogen) atoms. The molecule has 0 aliphatic carbocycles. The molecule has 0 aliphatic rings. The summed E-state index contributed by atoms with van der Waals surface area (Å²) in [5, 5.41) is 9.51. The Morgan fingerprint density at radius 3 is 2.35 bits per heavy atom. The summed E-state index contributed by atoms with van der Waals surface area (Å²) in [5.74, 6) is -2.31. The molecule has 0 atom stereocenters. The molecular weight excluding hydrogens is 404 g/mol. The van der Waals surface area contributed by atoms with Crippen molar-refractivity contribution in [2.75, 3.05) is 10.6 Å². The van der Waals surface area contributed by atoms with Gasteiger partial charge in [-0.15, -0.1) is 0 Å². The minimum absolute atomic E-state index is 0.110. The standard InChI is InChI=1S/C22H23F2N5O2/c1-22(2,3)17-12-19(27-21(31)26-16-6-4-5-15(23)20(16)24)29(28-17)14-9-7-13(8-10-14)11-18(25)30/h4-10,12H,11H2,1-3H3,(H2,25,30)(H2,26,27,31). The second-order valence-corrected chi connectivity index (χ2v) is 8.07. The van der Waals surface area contributed by atoms with Gasteiger partial charge in [0.2, 0.25) is 5.91 Å². The van der Waals surface area contributed by atoms with Crippen LogP contribution >= 0.6 is 0 Å². The number of hydrogen-bond acceptors (Lipinski definition) is 3. The second kappa shape index (κ2) is 8.55. The van der Waals surface area contributed by atoms with Crippen molar-refractivity contribution in [3.05, 3.63) is 71.4 Å². The predicted octanol–water partition coefficient (Wildman–Crippen LogP) is 4.12. The molecule has 0 saturated heterocycles. The van der Waals surface area contributed by atoms with E-state index < -0.39 is 23.6 Å². The third-order valence-corrected chi connectivity index (χ3v) is 4.48. The molecule has 9 heteroatoms. The van der Waals surface area contributed by atoms with E-state index in [1.807, 2.05) is 20.8 Å². The summed E-state index contributed by atoms with van der Waals surface area (Å²) in [7, 11) is 0. The van der Waals surface area contributed by atoms with Crippen molar-refractivity contribution in [2.45, 2.75) is 32.6 Å². The number of urea groups is 1. The lowest BCUT2D eigenvalue weighted by Crippen LogP contribution is -2.22. The van der Waals surface area contributed by atoms with E-state index in [0.29, 0.717) is 17.2 Å². The molecule has 3 aromatic rings. The number of hydrogen-bond donors (Lipinski definition) is 3. The van der Waals surface area contributed by atoms with Gasteiger partial charge < -0.3 is 11.1 Å². The summed E-state index contributed by atoms with van der Waals surface area (Å²) >= 11 is 0. The Morgan fingerprint density at radius 2 is 1.74 bits per heavy atom. The third kappa shape index (κ3) is 5.25. The first kappa shape index (κ1) is 21.9. The largest absolute Gasteiger partial charge is 0.369 e. The molecular formula is C22H23F2N5O2. The predicted molar refractivity (Wildman–Crippen MR) is 114 cm³/mol. The Bertz CT molecular complexity index is 1120. The summed E-state index contributed by atoms with van der Waals surface area (Å²) in [6.45, 7) is 5.92. The Hall–Kier alpha value is -3.75. The summed E-state index contributed by atoms with van der Waals surface area (Å²) in [6.07, 6.45) is 0.110. The second-order valence-electron chi connectivity index (χ2n) is 8.07. The number of carbonyl (C=O) groups excluding carboxylic acids is 2. The molecule has 0 aliphatic heterocycles. The molecule has 162 valence electrons. The first-order valence-corrected chi connectivity index (χ1v) is 9.55. The van der Waals surface area contributed by atoms with Crippen LogP contribution in [0.5, 0.6) is 0 Å². The van der Waals surface area contributed by atoms with Gasteiger partial charge in [-0.3, -0.25) is 10.1 Å². The van der Waals surface area contributed by atoms with Crippen LogP contribution in [-0.2, 0) is 16.6 Å². The van der Waals surface area contributed by atoms with E-state index in [-0.39, 0.29) is 17.5 Å². The number of amides is 3. The van der Waals surface area contributed by atoms with Crippen molar-refractivity contribution >= 4 is 23.4 Å². The summed E-state index contributed by atoms with van der Waals surface area (Å²) in [4.78, 5) is 23.6. The summed E-state index contributed by atoms with van der Waals surface area (Å²) in [5.41, 5.74) is 6.73. The highest BCUT2D eigenvalue weighted by Gasteiger charge is 2.22. The average molecular weight is 427 g/mol. The normalized spacial score (nSPS) is 11.3. The lowest BCUT2D eigenvalue weighted by Gasteiger charge is -2.14. The van der Waals surface area contributed by atoms with Crippen LogP contribution in [0.25, 0.3) is 5.69 Å². The zero-order valence-electron chi connectivity index (χ0n) is 17.4. The van der Waals surface area contributed by atoms with Crippen molar-refractivity contribution in [3.8, 4) is 5.69 Å². The lowest BCUT2D eigenvalue weighted by atomic mass is 9.92. The zero-order chi connectivity index (χ0) is 22.8. The van der Waals surface area contributed by atoms with E-state index in [4.69, 9.17) is 5.73 Å². The molecule has 2 aromatic carbocycles. The fourth-order valence-corrected chi connectivity index (χ4v) is 2.86. The zero-order valence-corrected chi connectivity index (χ0v) is 17.4. The van der Waals surface area contributed by atoms with Crippen LogP contribution in [0.15, 0.2) is 48.5 Å². The monoisotopic (exact) mass is 427 g/mol. The quantitative estimate of drug-likeness (QED) is 0.571.